The first-order chi connectivity index (χ1) is 11.8. The third-order valence-electron chi connectivity index (χ3n) is 4.43. The van der Waals surface area contributed by atoms with Crippen LogP contribution in [0.1, 0.15) is 80.3 Å². The van der Waals surface area contributed by atoms with Crippen molar-refractivity contribution in [3.63, 3.8) is 0 Å². The number of benzene rings is 1. The van der Waals surface area contributed by atoms with Crippen LogP contribution in [-0.4, -0.2) is 20.4 Å². The van der Waals surface area contributed by atoms with Crippen molar-refractivity contribution in [3.05, 3.63) is 51.0 Å². The molecule has 6 heteroatoms. The van der Waals surface area contributed by atoms with Crippen LogP contribution in [0.3, 0.4) is 0 Å². The van der Waals surface area contributed by atoms with Gasteiger partial charge in [0.05, 0.1) is 16.8 Å². The monoisotopic (exact) mass is 382 g/mol. The lowest BCUT2D eigenvalue weighted by Crippen LogP contribution is -2.17. The van der Waals surface area contributed by atoms with Crippen molar-refractivity contribution >= 4 is 29.0 Å². The van der Waals surface area contributed by atoms with E-state index in [0.717, 1.165) is 18.7 Å². The van der Waals surface area contributed by atoms with Crippen molar-refractivity contribution in [2.75, 3.05) is 0 Å². The highest BCUT2D eigenvalue weighted by atomic mass is 35.5. The largest absolute Gasteiger partial charge is 0.387 e. The van der Waals surface area contributed by atoms with E-state index in [2.05, 4.69) is 18.8 Å². The molecule has 0 saturated heterocycles. The third kappa shape index (κ3) is 3.91. The molecule has 1 unspecified atom stereocenters. The molecule has 0 radical (unpaired) electrons. The Kier molecular flexibility index (Phi) is 6.66. The maximum absolute atomic E-state index is 13.1. The number of imidazole rings is 1. The molecule has 1 aromatic carbocycles. The number of nitrogens with zero attached hydrogens (tertiary/aromatic N) is 2. The molecule has 1 heterocycles. The fourth-order valence-corrected chi connectivity index (χ4v) is 3.67. The average molecular weight is 383 g/mol. The molecular weight excluding hydrogens is 359 g/mol. The summed E-state index contributed by atoms with van der Waals surface area (Å²) in [5.74, 6) is 0.509. The number of carbonyl (C=O) groups excluding carboxylic acids is 1. The van der Waals surface area contributed by atoms with E-state index in [4.69, 9.17) is 23.2 Å². The minimum Gasteiger partial charge on any atom is -0.387 e. The summed E-state index contributed by atoms with van der Waals surface area (Å²) in [7, 11) is 0. The topological polar surface area (TPSA) is 55.1 Å². The highest BCUT2D eigenvalue weighted by molar-refractivity contribution is 6.37. The van der Waals surface area contributed by atoms with Gasteiger partial charge in [-0.2, -0.15) is 0 Å². The van der Waals surface area contributed by atoms with Crippen LogP contribution in [0.5, 0.6) is 0 Å². The Bertz CT molecular complexity index is 765. The number of aliphatic hydroxyl groups excluding tert-OH is 1. The molecule has 0 aliphatic carbocycles. The number of hydrogen-bond acceptors (Lipinski definition) is 3. The number of hydrogen-bond donors (Lipinski definition) is 1. The van der Waals surface area contributed by atoms with Crippen molar-refractivity contribution in [2.45, 2.75) is 59.1 Å². The standard InChI is InChI=1S/C19H24Cl2N2O2/c1-5-13(6-2)23-16(7-3)22-17(18(23)11(4)24)19(25)14-9-8-12(20)10-15(14)21/h8-11,13,24H,5-7H2,1-4H3. The first kappa shape index (κ1) is 20.0. The van der Waals surface area contributed by atoms with Crippen molar-refractivity contribution in [3.8, 4) is 0 Å². The number of aromatic nitrogens is 2. The molecule has 0 aliphatic heterocycles. The molecule has 0 amide bonds. The molecule has 0 aliphatic rings. The second kappa shape index (κ2) is 8.35. The lowest BCUT2D eigenvalue weighted by molar-refractivity contribution is 0.102. The van der Waals surface area contributed by atoms with E-state index in [0.29, 0.717) is 22.7 Å². The highest BCUT2D eigenvalue weighted by Crippen LogP contribution is 2.31. The Morgan fingerprint density at radius 3 is 2.36 bits per heavy atom. The Labute approximate surface area is 158 Å². The predicted molar refractivity (Wildman–Crippen MR) is 102 cm³/mol. The number of ketones is 1. The molecule has 2 rings (SSSR count). The van der Waals surface area contributed by atoms with Gasteiger partial charge in [-0.25, -0.2) is 4.98 Å². The van der Waals surface area contributed by atoms with Gasteiger partial charge in [0.25, 0.3) is 0 Å². The van der Waals surface area contributed by atoms with E-state index in [9.17, 15) is 9.90 Å². The van der Waals surface area contributed by atoms with Gasteiger partial charge in [-0.15, -0.1) is 0 Å². The second-order valence-electron chi connectivity index (χ2n) is 6.09. The number of aryl methyl sites for hydroxylation is 1. The molecule has 1 aromatic heterocycles. The van der Waals surface area contributed by atoms with Gasteiger partial charge in [0, 0.05) is 23.0 Å². The summed E-state index contributed by atoms with van der Waals surface area (Å²) < 4.78 is 2.03. The van der Waals surface area contributed by atoms with Gasteiger partial charge in [-0.05, 0) is 38.0 Å². The van der Waals surface area contributed by atoms with Gasteiger partial charge in [-0.3, -0.25) is 4.79 Å². The zero-order valence-electron chi connectivity index (χ0n) is 15.0. The summed E-state index contributed by atoms with van der Waals surface area (Å²) in [5, 5.41) is 11.1. The van der Waals surface area contributed by atoms with E-state index < -0.39 is 6.10 Å². The number of aliphatic hydroxyl groups is 1. The van der Waals surface area contributed by atoms with Crippen LogP contribution in [0.15, 0.2) is 18.2 Å². The first-order valence-corrected chi connectivity index (χ1v) is 9.39. The number of carbonyl (C=O) groups is 1. The highest BCUT2D eigenvalue weighted by Gasteiger charge is 2.28. The van der Waals surface area contributed by atoms with Gasteiger partial charge >= 0.3 is 0 Å². The van der Waals surface area contributed by atoms with Crippen LogP contribution in [-0.2, 0) is 6.42 Å². The SMILES string of the molecule is CCc1nc(C(=O)c2ccc(Cl)cc2Cl)c(C(C)O)n1C(CC)CC. The van der Waals surface area contributed by atoms with Crippen LogP contribution >= 0.6 is 23.2 Å². The summed E-state index contributed by atoms with van der Waals surface area (Å²) in [6.07, 6.45) is 1.67. The Morgan fingerprint density at radius 1 is 1.24 bits per heavy atom. The van der Waals surface area contributed by atoms with E-state index in [-0.39, 0.29) is 22.5 Å². The van der Waals surface area contributed by atoms with Crippen molar-refractivity contribution < 1.29 is 9.90 Å². The number of halogens is 2. The Morgan fingerprint density at radius 2 is 1.88 bits per heavy atom. The maximum Gasteiger partial charge on any atom is 0.214 e. The lowest BCUT2D eigenvalue weighted by atomic mass is 10.0. The van der Waals surface area contributed by atoms with E-state index in [1.165, 1.54) is 6.07 Å². The average Bonchev–Trinajstić information content (AvgIpc) is 2.95. The summed E-state index contributed by atoms with van der Waals surface area (Å²) >= 11 is 12.1. The Hall–Kier alpha value is -1.36. The van der Waals surface area contributed by atoms with Crippen LogP contribution < -0.4 is 0 Å². The van der Waals surface area contributed by atoms with Crippen LogP contribution in [0.25, 0.3) is 0 Å². The zero-order valence-corrected chi connectivity index (χ0v) is 16.5. The maximum atomic E-state index is 13.1. The molecule has 0 saturated carbocycles. The Balaban J connectivity index is 2.66. The van der Waals surface area contributed by atoms with Gasteiger partial charge in [0.15, 0.2) is 0 Å². The molecule has 1 atom stereocenters. The molecule has 0 spiro atoms. The third-order valence-corrected chi connectivity index (χ3v) is 4.98. The molecule has 0 fully saturated rings. The first-order valence-electron chi connectivity index (χ1n) is 8.64. The fourth-order valence-electron chi connectivity index (χ4n) is 3.17. The summed E-state index contributed by atoms with van der Waals surface area (Å²) in [4.78, 5) is 17.6. The summed E-state index contributed by atoms with van der Waals surface area (Å²) in [6.45, 7) is 7.85. The minimum atomic E-state index is -0.807. The normalized spacial score (nSPS) is 12.6. The van der Waals surface area contributed by atoms with Crippen molar-refractivity contribution in [2.24, 2.45) is 0 Å². The van der Waals surface area contributed by atoms with Gasteiger partial charge < -0.3 is 9.67 Å². The fraction of sp³-hybridized carbons (Fsp3) is 0.474. The molecule has 4 nitrogen and oxygen atoms in total. The molecule has 136 valence electrons. The van der Waals surface area contributed by atoms with Gasteiger partial charge in [0.2, 0.25) is 5.78 Å². The molecule has 1 N–H and O–H groups in total. The van der Waals surface area contributed by atoms with Gasteiger partial charge in [0.1, 0.15) is 11.5 Å². The zero-order chi connectivity index (χ0) is 18.7. The molecule has 0 bridgehead atoms. The smallest absolute Gasteiger partial charge is 0.214 e. The predicted octanol–water partition coefficient (Wildman–Crippen LogP) is 5.40. The van der Waals surface area contributed by atoms with E-state index in [1.807, 2.05) is 11.5 Å². The second-order valence-corrected chi connectivity index (χ2v) is 6.93. The van der Waals surface area contributed by atoms with Crippen molar-refractivity contribution in [1.82, 2.24) is 9.55 Å². The summed E-state index contributed by atoms with van der Waals surface area (Å²) in [5.41, 5.74) is 1.16. The molecule has 2 aromatic rings. The summed E-state index contributed by atoms with van der Waals surface area (Å²) in [6, 6.07) is 4.95. The van der Waals surface area contributed by atoms with E-state index >= 15 is 0 Å². The minimum absolute atomic E-state index is 0.189. The van der Waals surface area contributed by atoms with E-state index in [1.54, 1.807) is 19.1 Å². The van der Waals surface area contributed by atoms with Crippen LogP contribution in [0.4, 0.5) is 0 Å². The van der Waals surface area contributed by atoms with Crippen molar-refractivity contribution in [1.29, 1.82) is 0 Å². The van der Waals surface area contributed by atoms with Crippen LogP contribution in [0, 0.1) is 0 Å². The number of rotatable bonds is 7. The molecular formula is C19H24Cl2N2O2. The quantitative estimate of drug-likeness (QED) is 0.652. The van der Waals surface area contributed by atoms with Crippen LogP contribution in [0.2, 0.25) is 10.0 Å². The lowest BCUT2D eigenvalue weighted by Gasteiger charge is -2.22. The molecule has 25 heavy (non-hydrogen) atoms. The van der Waals surface area contributed by atoms with Gasteiger partial charge in [-0.1, -0.05) is 44.0 Å².